The summed E-state index contributed by atoms with van der Waals surface area (Å²) in [4.78, 5) is 0. The van der Waals surface area contributed by atoms with E-state index < -0.39 is 0 Å². The van der Waals surface area contributed by atoms with Crippen molar-refractivity contribution in [2.45, 2.75) is 32.8 Å². The standard InChI is InChI=1S/C11H14FOP/c1-6-5-8-4-3-7(2)13-10(8)9(12)11(6)14/h5,7H,3-4,14H2,1-2H3. The largest absolute Gasteiger partial charge is 0.487 e. The van der Waals surface area contributed by atoms with Crippen molar-refractivity contribution in [2.24, 2.45) is 0 Å². The first-order valence-corrected chi connectivity index (χ1v) is 5.41. The Morgan fingerprint density at radius 2 is 2.29 bits per heavy atom. The second-order valence-electron chi connectivity index (χ2n) is 3.88. The van der Waals surface area contributed by atoms with Crippen LogP contribution in [-0.2, 0) is 6.42 Å². The minimum Gasteiger partial charge on any atom is -0.487 e. The smallest absolute Gasteiger partial charge is 0.172 e. The molecule has 1 aromatic carbocycles. The first kappa shape index (κ1) is 9.92. The van der Waals surface area contributed by atoms with Crippen molar-refractivity contribution >= 4 is 14.5 Å². The Hall–Kier alpha value is -0.620. The van der Waals surface area contributed by atoms with Crippen LogP contribution in [0.15, 0.2) is 6.07 Å². The van der Waals surface area contributed by atoms with Crippen LogP contribution in [-0.4, -0.2) is 6.10 Å². The fraction of sp³-hybridized carbons (Fsp3) is 0.455. The molecule has 0 amide bonds. The van der Waals surface area contributed by atoms with Crippen molar-refractivity contribution in [1.82, 2.24) is 0 Å². The summed E-state index contributed by atoms with van der Waals surface area (Å²) in [6.45, 7) is 3.90. The van der Waals surface area contributed by atoms with Gasteiger partial charge in [-0.05, 0) is 37.8 Å². The van der Waals surface area contributed by atoms with Gasteiger partial charge in [0.2, 0.25) is 0 Å². The van der Waals surface area contributed by atoms with Gasteiger partial charge in [-0.25, -0.2) is 4.39 Å². The molecule has 14 heavy (non-hydrogen) atoms. The van der Waals surface area contributed by atoms with E-state index >= 15 is 0 Å². The molecule has 0 saturated carbocycles. The van der Waals surface area contributed by atoms with Gasteiger partial charge in [0.25, 0.3) is 0 Å². The summed E-state index contributed by atoms with van der Waals surface area (Å²) in [6.07, 6.45) is 2.02. The van der Waals surface area contributed by atoms with Gasteiger partial charge in [-0.1, -0.05) is 6.07 Å². The van der Waals surface area contributed by atoms with Crippen molar-refractivity contribution in [2.75, 3.05) is 0 Å². The van der Waals surface area contributed by atoms with Crippen LogP contribution < -0.4 is 10.0 Å². The molecule has 2 rings (SSSR count). The summed E-state index contributed by atoms with van der Waals surface area (Å²) in [5.41, 5.74) is 1.98. The predicted octanol–water partition coefficient (Wildman–Crippen LogP) is 2.35. The van der Waals surface area contributed by atoms with Gasteiger partial charge < -0.3 is 4.74 Å². The maximum atomic E-state index is 13.8. The lowest BCUT2D eigenvalue weighted by Crippen LogP contribution is -2.22. The summed E-state index contributed by atoms with van der Waals surface area (Å²) in [7, 11) is 2.43. The van der Waals surface area contributed by atoms with Crippen LogP contribution in [0.3, 0.4) is 0 Å². The highest BCUT2D eigenvalue weighted by atomic mass is 31.0. The molecular weight excluding hydrogens is 198 g/mol. The van der Waals surface area contributed by atoms with E-state index in [0.717, 1.165) is 24.0 Å². The molecule has 2 unspecified atom stereocenters. The van der Waals surface area contributed by atoms with Crippen LogP contribution in [0.5, 0.6) is 5.75 Å². The summed E-state index contributed by atoms with van der Waals surface area (Å²) in [5, 5.41) is 0.623. The molecule has 0 N–H and O–H groups in total. The molecule has 76 valence electrons. The van der Waals surface area contributed by atoms with Gasteiger partial charge in [0.15, 0.2) is 11.6 Å². The zero-order chi connectivity index (χ0) is 10.3. The van der Waals surface area contributed by atoms with E-state index in [1.54, 1.807) is 0 Å². The second kappa shape index (κ2) is 3.51. The van der Waals surface area contributed by atoms with E-state index in [0.29, 0.717) is 11.1 Å². The number of rotatable bonds is 0. The molecule has 0 spiro atoms. The van der Waals surface area contributed by atoms with Crippen molar-refractivity contribution in [3.63, 3.8) is 0 Å². The Bertz CT molecular complexity index is 376. The fourth-order valence-corrected chi connectivity index (χ4v) is 1.99. The molecule has 0 aliphatic carbocycles. The van der Waals surface area contributed by atoms with Crippen molar-refractivity contribution in [3.05, 3.63) is 23.0 Å². The lowest BCUT2D eigenvalue weighted by molar-refractivity contribution is 0.183. The first-order chi connectivity index (χ1) is 6.59. The molecule has 0 saturated heterocycles. The molecule has 1 aliphatic heterocycles. The summed E-state index contributed by atoms with van der Waals surface area (Å²) < 4.78 is 19.3. The summed E-state index contributed by atoms with van der Waals surface area (Å²) in [6, 6.07) is 2.02. The van der Waals surface area contributed by atoms with E-state index in [-0.39, 0.29) is 11.9 Å². The highest BCUT2D eigenvalue weighted by Crippen LogP contribution is 2.31. The Morgan fingerprint density at radius 3 is 3.00 bits per heavy atom. The molecule has 2 atom stereocenters. The molecule has 0 radical (unpaired) electrons. The van der Waals surface area contributed by atoms with Crippen LogP contribution in [0.4, 0.5) is 4.39 Å². The molecule has 1 aromatic rings. The van der Waals surface area contributed by atoms with Gasteiger partial charge >= 0.3 is 0 Å². The highest BCUT2D eigenvalue weighted by molar-refractivity contribution is 7.27. The maximum absolute atomic E-state index is 13.8. The number of ether oxygens (including phenoxy) is 1. The number of aryl methyl sites for hydroxylation is 2. The molecule has 1 aliphatic rings. The zero-order valence-electron chi connectivity index (χ0n) is 8.43. The second-order valence-corrected chi connectivity index (χ2v) is 4.45. The minimum absolute atomic E-state index is 0.129. The molecular formula is C11H14FOP. The van der Waals surface area contributed by atoms with Crippen molar-refractivity contribution < 1.29 is 9.13 Å². The Labute approximate surface area is 85.9 Å². The van der Waals surface area contributed by atoms with Crippen LogP contribution in [0.25, 0.3) is 0 Å². The summed E-state index contributed by atoms with van der Waals surface area (Å²) >= 11 is 0. The van der Waals surface area contributed by atoms with Gasteiger partial charge in [-0.3, -0.25) is 0 Å². The average Bonchev–Trinajstić information content (AvgIpc) is 2.16. The third-order valence-electron chi connectivity index (χ3n) is 2.68. The lowest BCUT2D eigenvalue weighted by Gasteiger charge is -2.24. The third-order valence-corrected chi connectivity index (χ3v) is 3.39. The van der Waals surface area contributed by atoms with Crippen LogP contribution >= 0.6 is 9.24 Å². The maximum Gasteiger partial charge on any atom is 0.172 e. The van der Waals surface area contributed by atoms with E-state index in [4.69, 9.17) is 4.74 Å². The zero-order valence-corrected chi connectivity index (χ0v) is 9.59. The van der Waals surface area contributed by atoms with Crippen molar-refractivity contribution in [3.8, 4) is 5.75 Å². The number of benzene rings is 1. The normalized spacial score (nSPS) is 20.1. The Morgan fingerprint density at radius 1 is 1.57 bits per heavy atom. The van der Waals surface area contributed by atoms with E-state index in [9.17, 15) is 4.39 Å². The molecule has 0 aromatic heterocycles. The van der Waals surface area contributed by atoms with E-state index in [2.05, 4.69) is 9.24 Å². The molecule has 0 bridgehead atoms. The number of hydrogen-bond donors (Lipinski definition) is 0. The minimum atomic E-state index is -0.212. The Kier molecular flexibility index (Phi) is 2.48. The fourth-order valence-electron chi connectivity index (χ4n) is 1.77. The van der Waals surface area contributed by atoms with E-state index in [1.165, 1.54) is 0 Å². The topological polar surface area (TPSA) is 9.23 Å². The first-order valence-electron chi connectivity index (χ1n) is 4.83. The molecule has 1 nitrogen and oxygen atoms in total. The van der Waals surface area contributed by atoms with Gasteiger partial charge in [0.05, 0.1) is 6.10 Å². The van der Waals surface area contributed by atoms with Gasteiger partial charge in [0, 0.05) is 5.30 Å². The van der Waals surface area contributed by atoms with Gasteiger partial charge in [-0.15, -0.1) is 9.24 Å². The number of hydrogen-bond acceptors (Lipinski definition) is 1. The molecule has 1 heterocycles. The average molecular weight is 212 g/mol. The van der Waals surface area contributed by atoms with Crippen LogP contribution in [0.1, 0.15) is 24.5 Å². The SMILES string of the molecule is Cc1cc2c(c(F)c1P)OC(C)CC2. The highest BCUT2D eigenvalue weighted by Gasteiger charge is 2.21. The lowest BCUT2D eigenvalue weighted by atomic mass is 10.0. The van der Waals surface area contributed by atoms with E-state index in [1.807, 2.05) is 19.9 Å². The van der Waals surface area contributed by atoms with Gasteiger partial charge in [-0.2, -0.15) is 0 Å². The summed E-state index contributed by atoms with van der Waals surface area (Å²) in [5.74, 6) is 0.246. The molecule has 0 fully saturated rings. The quantitative estimate of drug-likeness (QED) is 0.600. The molecule has 3 heteroatoms. The Balaban J connectivity index is 2.55. The number of halogens is 1. The van der Waals surface area contributed by atoms with Crippen LogP contribution in [0, 0.1) is 12.7 Å². The van der Waals surface area contributed by atoms with Crippen LogP contribution in [0.2, 0.25) is 0 Å². The monoisotopic (exact) mass is 212 g/mol. The van der Waals surface area contributed by atoms with Gasteiger partial charge in [0.1, 0.15) is 0 Å². The third kappa shape index (κ3) is 1.52. The number of fused-ring (bicyclic) bond motifs is 1. The predicted molar refractivity (Wildman–Crippen MR) is 58.9 cm³/mol. The van der Waals surface area contributed by atoms with Crippen molar-refractivity contribution in [1.29, 1.82) is 0 Å².